The Labute approximate surface area is 101 Å². The van der Waals surface area contributed by atoms with Gasteiger partial charge in [0.1, 0.15) is 0 Å². The van der Waals surface area contributed by atoms with Crippen LogP contribution in [-0.2, 0) is 13.3 Å². The molecule has 3 rings (SSSR count). The normalized spacial score (nSPS) is 15.6. The highest BCUT2D eigenvalue weighted by Crippen LogP contribution is 2.27. The third kappa shape index (κ3) is 2.21. The van der Waals surface area contributed by atoms with Gasteiger partial charge in [0.05, 0.1) is 13.3 Å². The lowest BCUT2D eigenvalue weighted by Crippen LogP contribution is -2.20. The number of aliphatic hydroxyl groups is 1. The van der Waals surface area contributed by atoms with E-state index in [1.807, 2.05) is 12.1 Å². The van der Waals surface area contributed by atoms with E-state index in [1.165, 1.54) is 18.4 Å². The molecule has 3 heteroatoms. The smallest absolute Gasteiger partial charge is 0.0726 e. The van der Waals surface area contributed by atoms with Crippen molar-refractivity contribution in [3.05, 3.63) is 36.0 Å². The van der Waals surface area contributed by atoms with Crippen LogP contribution in [0.1, 0.15) is 18.4 Å². The molecule has 0 aliphatic heterocycles. The topological polar surface area (TPSA) is 37.2 Å². The first kappa shape index (κ1) is 10.8. The summed E-state index contributed by atoms with van der Waals surface area (Å²) in [6, 6.07) is 8.17. The number of fused-ring (bicyclic) bond motifs is 1. The van der Waals surface area contributed by atoms with Gasteiger partial charge >= 0.3 is 0 Å². The fraction of sp³-hybridized carbons (Fsp3) is 0.429. The quantitative estimate of drug-likeness (QED) is 0.825. The first-order valence-electron chi connectivity index (χ1n) is 6.27. The molecule has 1 aromatic carbocycles. The number of rotatable bonds is 5. The van der Waals surface area contributed by atoms with Gasteiger partial charge in [0, 0.05) is 17.1 Å². The van der Waals surface area contributed by atoms with Crippen molar-refractivity contribution in [2.24, 2.45) is 5.92 Å². The largest absolute Gasteiger partial charge is 0.392 e. The molecule has 1 fully saturated rings. The van der Waals surface area contributed by atoms with Crippen LogP contribution in [0.2, 0.25) is 0 Å². The number of nitrogens with one attached hydrogen (secondary N) is 1. The van der Waals surface area contributed by atoms with Gasteiger partial charge < -0.3 is 9.67 Å². The molecule has 0 atom stereocenters. The zero-order valence-electron chi connectivity index (χ0n) is 9.89. The van der Waals surface area contributed by atoms with E-state index in [4.69, 9.17) is 0 Å². The van der Waals surface area contributed by atoms with Crippen molar-refractivity contribution in [2.45, 2.75) is 26.1 Å². The summed E-state index contributed by atoms with van der Waals surface area (Å²) in [5, 5.41) is 13.9. The molecule has 17 heavy (non-hydrogen) atoms. The Bertz CT molecular complexity index is 514. The van der Waals surface area contributed by atoms with Crippen molar-refractivity contribution in [3.8, 4) is 0 Å². The summed E-state index contributed by atoms with van der Waals surface area (Å²) >= 11 is 0. The van der Waals surface area contributed by atoms with Crippen LogP contribution in [0.5, 0.6) is 0 Å². The van der Waals surface area contributed by atoms with E-state index in [2.05, 4.69) is 28.2 Å². The molecular formula is C14H18N2O. The van der Waals surface area contributed by atoms with Gasteiger partial charge in [-0.1, -0.05) is 12.1 Å². The van der Waals surface area contributed by atoms with Gasteiger partial charge in [-0.15, -0.1) is 0 Å². The fourth-order valence-electron chi connectivity index (χ4n) is 2.27. The fourth-order valence-corrected chi connectivity index (χ4v) is 2.27. The number of nitrogens with zero attached hydrogens (tertiary/aromatic N) is 1. The van der Waals surface area contributed by atoms with Crippen LogP contribution >= 0.6 is 0 Å². The summed E-state index contributed by atoms with van der Waals surface area (Å²) in [5.41, 5.74) is 2.20. The highest BCUT2D eigenvalue weighted by molar-refractivity contribution is 5.83. The summed E-state index contributed by atoms with van der Waals surface area (Å²) in [7, 11) is 0. The first-order chi connectivity index (χ1) is 8.38. The lowest BCUT2D eigenvalue weighted by Gasteiger charge is -2.07. The molecule has 1 heterocycles. The third-order valence-corrected chi connectivity index (χ3v) is 3.49. The molecule has 90 valence electrons. The molecule has 1 aromatic heterocycles. The Balaban J connectivity index is 1.79. The predicted molar refractivity (Wildman–Crippen MR) is 68.6 cm³/mol. The summed E-state index contributed by atoms with van der Waals surface area (Å²) in [6.07, 6.45) is 4.85. The Morgan fingerprint density at radius 3 is 2.94 bits per heavy atom. The van der Waals surface area contributed by atoms with E-state index >= 15 is 0 Å². The van der Waals surface area contributed by atoms with Crippen LogP contribution < -0.4 is 5.32 Å². The maximum Gasteiger partial charge on any atom is 0.0726 e. The van der Waals surface area contributed by atoms with Gasteiger partial charge in [-0.2, -0.15) is 0 Å². The van der Waals surface area contributed by atoms with Gasteiger partial charge in [-0.3, -0.25) is 5.32 Å². The molecule has 0 radical (unpaired) electrons. The molecule has 1 aliphatic carbocycles. The van der Waals surface area contributed by atoms with E-state index < -0.39 is 0 Å². The van der Waals surface area contributed by atoms with Crippen molar-refractivity contribution in [2.75, 3.05) is 6.54 Å². The predicted octanol–water partition coefficient (Wildman–Crippen LogP) is 2.09. The summed E-state index contributed by atoms with van der Waals surface area (Å²) in [6.45, 7) is 2.09. The highest BCUT2D eigenvalue weighted by atomic mass is 16.3. The van der Waals surface area contributed by atoms with Gasteiger partial charge in [0.15, 0.2) is 0 Å². The van der Waals surface area contributed by atoms with Crippen molar-refractivity contribution in [1.29, 1.82) is 0 Å². The van der Waals surface area contributed by atoms with E-state index in [9.17, 15) is 5.11 Å². The number of aromatic nitrogens is 1. The molecule has 0 amide bonds. The highest BCUT2D eigenvalue weighted by Gasteiger charge is 2.20. The zero-order chi connectivity index (χ0) is 11.7. The summed E-state index contributed by atoms with van der Waals surface area (Å²) in [4.78, 5) is 0. The third-order valence-electron chi connectivity index (χ3n) is 3.49. The van der Waals surface area contributed by atoms with Crippen LogP contribution in [0, 0.1) is 5.92 Å². The van der Waals surface area contributed by atoms with Gasteiger partial charge in [-0.05, 0) is 43.0 Å². The van der Waals surface area contributed by atoms with E-state index in [-0.39, 0.29) is 6.61 Å². The number of hydrogen-bond donors (Lipinski definition) is 2. The van der Waals surface area contributed by atoms with Crippen LogP contribution in [0.4, 0.5) is 0 Å². The van der Waals surface area contributed by atoms with Gasteiger partial charge in [0.25, 0.3) is 0 Å². The van der Waals surface area contributed by atoms with Gasteiger partial charge in [-0.25, -0.2) is 0 Å². The molecule has 3 nitrogen and oxygen atoms in total. The minimum absolute atomic E-state index is 0.108. The Hall–Kier alpha value is -1.32. The van der Waals surface area contributed by atoms with Crippen molar-refractivity contribution in [1.82, 2.24) is 9.88 Å². The molecule has 1 aliphatic rings. The maximum absolute atomic E-state index is 9.28. The minimum atomic E-state index is 0.108. The van der Waals surface area contributed by atoms with E-state index in [1.54, 1.807) is 0 Å². The Morgan fingerprint density at radius 2 is 2.18 bits per heavy atom. The zero-order valence-corrected chi connectivity index (χ0v) is 9.89. The first-order valence-corrected chi connectivity index (χ1v) is 6.27. The SMILES string of the molecule is OCc1cccc2c1ccn2CNCC1CC1. The Morgan fingerprint density at radius 1 is 1.29 bits per heavy atom. The summed E-state index contributed by atoms with van der Waals surface area (Å²) in [5.74, 6) is 0.907. The number of aliphatic hydroxyl groups excluding tert-OH is 1. The number of benzene rings is 1. The average Bonchev–Trinajstić information content (AvgIpc) is 3.09. The lowest BCUT2D eigenvalue weighted by atomic mass is 10.1. The molecule has 2 N–H and O–H groups in total. The standard InChI is InChI=1S/C14H18N2O/c17-9-12-2-1-3-14-13(12)6-7-16(14)10-15-8-11-4-5-11/h1-3,6-7,11,15,17H,4-5,8-10H2. The second-order valence-corrected chi connectivity index (χ2v) is 4.85. The van der Waals surface area contributed by atoms with E-state index in [0.717, 1.165) is 30.1 Å². The van der Waals surface area contributed by atoms with Gasteiger partial charge in [0.2, 0.25) is 0 Å². The molecule has 0 spiro atoms. The second kappa shape index (κ2) is 4.51. The van der Waals surface area contributed by atoms with Crippen LogP contribution in [0.25, 0.3) is 10.9 Å². The van der Waals surface area contributed by atoms with Crippen LogP contribution in [0.3, 0.4) is 0 Å². The molecule has 0 bridgehead atoms. The lowest BCUT2D eigenvalue weighted by molar-refractivity contribution is 0.283. The molecular weight excluding hydrogens is 212 g/mol. The number of hydrogen-bond acceptors (Lipinski definition) is 2. The second-order valence-electron chi connectivity index (χ2n) is 4.85. The van der Waals surface area contributed by atoms with E-state index in [0.29, 0.717) is 0 Å². The van der Waals surface area contributed by atoms with Crippen molar-refractivity contribution < 1.29 is 5.11 Å². The van der Waals surface area contributed by atoms with Crippen LogP contribution in [0.15, 0.2) is 30.5 Å². The molecule has 2 aromatic rings. The van der Waals surface area contributed by atoms with Crippen molar-refractivity contribution >= 4 is 10.9 Å². The molecule has 0 unspecified atom stereocenters. The molecule has 0 saturated heterocycles. The monoisotopic (exact) mass is 230 g/mol. The minimum Gasteiger partial charge on any atom is -0.392 e. The Kier molecular flexibility index (Phi) is 2.87. The maximum atomic E-state index is 9.28. The van der Waals surface area contributed by atoms with Crippen molar-refractivity contribution in [3.63, 3.8) is 0 Å². The summed E-state index contributed by atoms with van der Waals surface area (Å²) < 4.78 is 2.21. The molecule has 1 saturated carbocycles. The van der Waals surface area contributed by atoms with Crippen LogP contribution in [-0.4, -0.2) is 16.2 Å². The average molecular weight is 230 g/mol.